The number of rotatable bonds is 7. The molecule has 0 bridgehead atoms. The molecule has 1 amide bonds. The first-order valence-corrected chi connectivity index (χ1v) is 11.9. The summed E-state index contributed by atoms with van der Waals surface area (Å²) in [6.07, 6.45) is 0.126. The average Bonchev–Trinajstić information content (AvgIpc) is 3.20. The Morgan fingerprint density at radius 2 is 1.94 bits per heavy atom. The van der Waals surface area contributed by atoms with Crippen LogP contribution in [0.5, 0.6) is 5.75 Å². The maximum Gasteiger partial charge on any atom is 0.338 e. The molecule has 0 saturated heterocycles. The highest BCUT2D eigenvalue weighted by atomic mass is 32.2. The zero-order chi connectivity index (χ0) is 24.2. The monoisotopic (exact) mass is 477 g/mol. The number of hydrogen-bond acceptors (Lipinski definition) is 7. The van der Waals surface area contributed by atoms with Crippen molar-refractivity contribution in [3.63, 3.8) is 0 Å². The van der Waals surface area contributed by atoms with Crippen LogP contribution < -0.4 is 10.1 Å². The van der Waals surface area contributed by atoms with Crippen molar-refractivity contribution >= 4 is 34.5 Å². The fraction of sp³-hybridized carbons (Fsp3) is 0.269. The summed E-state index contributed by atoms with van der Waals surface area (Å²) < 4.78 is 10.6. The number of thioether (sulfide) groups is 1. The van der Waals surface area contributed by atoms with E-state index in [-0.39, 0.29) is 18.9 Å². The van der Waals surface area contributed by atoms with Crippen LogP contribution in [0.3, 0.4) is 0 Å². The van der Waals surface area contributed by atoms with Crippen molar-refractivity contribution in [1.82, 2.24) is 4.90 Å². The quantitative estimate of drug-likeness (QED) is 0.554. The van der Waals surface area contributed by atoms with Gasteiger partial charge in [0.25, 0.3) is 0 Å². The number of methoxy groups -OCH3 is 1. The first kappa shape index (κ1) is 23.6. The molecule has 7 nitrogen and oxygen atoms in total. The molecule has 0 aromatic heterocycles. The van der Waals surface area contributed by atoms with Gasteiger partial charge in [-0.05, 0) is 49.4 Å². The van der Waals surface area contributed by atoms with Crippen LogP contribution in [0.15, 0.2) is 75.9 Å². The fourth-order valence-corrected chi connectivity index (χ4v) is 5.06. The van der Waals surface area contributed by atoms with Gasteiger partial charge in [-0.25, -0.2) is 9.79 Å². The van der Waals surface area contributed by atoms with Crippen LogP contribution in [-0.2, 0) is 14.3 Å². The predicted molar refractivity (Wildman–Crippen MR) is 134 cm³/mol. The molecular weight excluding hydrogens is 450 g/mol. The number of benzene rings is 2. The van der Waals surface area contributed by atoms with E-state index >= 15 is 0 Å². The number of anilines is 1. The van der Waals surface area contributed by atoms with Crippen LogP contribution in [0.4, 0.5) is 5.69 Å². The van der Waals surface area contributed by atoms with Gasteiger partial charge in [-0.2, -0.15) is 0 Å². The SMILES string of the molecule is CCOC(=O)C1=C(C)N=C2SC=C(CC(=O)Nc3cccc(OC)c3)N2C1c1ccccc1C. The van der Waals surface area contributed by atoms with Crippen molar-refractivity contribution in [3.05, 3.63) is 82.0 Å². The fourth-order valence-electron chi connectivity index (χ4n) is 4.10. The summed E-state index contributed by atoms with van der Waals surface area (Å²) in [5, 5.41) is 5.59. The number of aliphatic imine (C=N–C) groups is 1. The lowest BCUT2D eigenvalue weighted by Crippen LogP contribution is -2.37. The van der Waals surface area contributed by atoms with Crippen LogP contribution in [0.25, 0.3) is 0 Å². The van der Waals surface area contributed by atoms with E-state index in [0.717, 1.165) is 22.0 Å². The number of nitrogens with one attached hydrogen (secondary N) is 1. The number of hydrogen-bond donors (Lipinski definition) is 1. The molecule has 8 heteroatoms. The zero-order valence-corrected chi connectivity index (χ0v) is 20.4. The number of ether oxygens (including phenoxy) is 2. The van der Waals surface area contributed by atoms with Gasteiger partial charge in [0, 0.05) is 17.5 Å². The van der Waals surface area contributed by atoms with Crippen molar-refractivity contribution < 1.29 is 19.1 Å². The van der Waals surface area contributed by atoms with E-state index in [4.69, 9.17) is 9.47 Å². The Hall–Kier alpha value is -3.52. The second-order valence-electron chi connectivity index (χ2n) is 7.93. The lowest BCUT2D eigenvalue weighted by molar-refractivity contribution is -0.139. The van der Waals surface area contributed by atoms with Gasteiger partial charge < -0.3 is 19.7 Å². The highest BCUT2D eigenvalue weighted by Gasteiger charge is 2.41. The Bertz CT molecular complexity index is 1220. The predicted octanol–water partition coefficient (Wildman–Crippen LogP) is 5.17. The summed E-state index contributed by atoms with van der Waals surface area (Å²) in [7, 11) is 1.58. The third kappa shape index (κ3) is 4.72. The van der Waals surface area contributed by atoms with Crippen LogP contribution in [0.2, 0.25) is 0 Å². The number of fused-ring (bicyclic) bond motifs is 1. The minimum atomic E-state index is -0.432. The van der Waals surface area contributed by atoms with E-state index in [0.29, 0.717) is 22.7 Å². The molecule has 0 spiro atoms. The Balaban J connectivity index is 1.66. The summed E-state index contributed by atoms with van der Waals surface area (Å²) in [6, 6.07) is 14.7. The van der Waals surface area contributed by atoms with E-state index in [9.17, 15) is 9.59 Å². The van der Waals surface area contributed by atoms with Crippen molar-refractivity contribution in [1.29, 1.82) is 0 Å². The normalized spacial score (nSPS) is 17.1. The average molecular weight is 478 g/mol. The van der Waals surface area contributed by atoms with E-state index in [2.05, 4.69) is 10.3 Å². The van der Waals surface area contributed by atoms with Crippen LogP contribution in [0.1, 0.15) is 37.4 Å². The van der Waals surface area contributed by atoms with Gasteiger partial charge in [-0.3, -0.25) is 4.79 Å². The molecule has 1 unspecified atom stereocenters. The summed E-state index contributed by atoms with van der Waals surface area (Å²) in [5.41, 5.74) is 4.55. The first-order chi connectivity index (χ1) is 16.4. The second-order valence-corrected chi connectivity index (χ2v) is 8.76. The number of aryl methyl sites for hydroxylation is 1. The molecule has 4 rings (SSSR count). The highest BCUT2D eigenvalue weighted by Crippen LogP contribution is 2.45. The number of allylic oxidation sites excluding steroid dienone is 1. The standard InChI is InChI=1S/C26H27N3O4S/c1-5-33-25(31)23-17(3)27-26-29(24(23)21-12-7-6-9-16(21)2)19(15-34-26)14-22(30)28-18-10-8-11-20(13-18)32-4/h6-13,15,24H,5,14H2,1-4H3,(H,28,30). The molecular formula is C26H27N3O4S. The van der Waals surface area contributed by atoms with Gasteiger partial charge >= 0.3 is 5.97 Å². The number of carbonyl (C=O) groups is 2. The van der Waals surface area contributed by atoms with E-state index in [1.165, 1.54) is 11.8 Å². The molecule has 0 aliphatic carbocycles. The smallest absolute Gasteiger partial charge is 0.338 e. The van der Waals surface area contributed by atoms with Gasteiger partial charge in [0.15, 0.2) is 5.17 Å². The van der Waals surface area contributed by atoms with Crippen LogP contribution in [-0.4, -0.2) is 35.7 Å². The molecule has 34 heavy (non-hydrogen) atoms. The number of esters is 1. The van der Waals surface area contributed by atoms with Crippen LogP contribution in [0, 0.1) is 6.92 Å². The third-order valence-electron chi connectivity index (χ3n) is 5.67. The van der Waals surface area contributed by atoms with E-state index < -0.39 is 12.0 Å². The number of amidine groups is 1. The Morgan fingerprint density at radius 3 is 2.68 bits per heavy atom. The largest absolute Gasteiger partial charge is 0.497 e. The van der Waals surface area contributed by atoms with Gasteiger partial charge in [-0.1, -0.05) is 42.1 Å². The minimum absolute atomic E-state index is 0.126. The molecule has 2 aromatic rings. The first-order valence-electron chi connectivity index (χ1n) is 11.0. The molecule has 1 N–H and O–H groups in total. The molecule has 2 aliphatic rings. The molecule has 2 aromatic carbocycles. The third-order valence-corrected chi connectivity index (χ3v) is 6.56. The Kier molecular flexibility index (Phi) is 7.07. The van der Waals surface area contributed by atoms with E-state index in [1.807, 2.05) is 66.6 Å². The summed E-state index contributed by atoms with van der Waals surface area (Å²) in [4.78, 5) is 32.7. The van der Waals surface area contributed by atoms with Gasteiger partial charge in [0.05, 0.1) is 37.4 Å². The maximum absolute atomic E-state index is 13.0. The molecule has 1 atom stereocenters. The van der Waals surface area contributed by atoms with Crippen molar-refractivity contribution in [3.8, 4) is 5.75 Å². The zero-order valence-electron chi connectivity index (χ0n) is 19.6. The lowest BCUT2D eigenvalue weighted by Gasteiger charge is -2.37. The Labute approximate surface area is 203 Å². The second kappa shape index (κ2) is 10.2. The van der Waals surface area contributed by atoms with Crippen molar-refractivity contribution in [2.45, 2.75) is 33.2 Å². The Morgan fingerprint density at radius 1 is 1.15 bits per heavy atom. The maximum atomic E-state index is 13.0. The molecule has 2 heterocycles. The van der Waals surface area contributed by atoms with Gasteiger partial charge in [-0.15, -0.1) is 0 Å². The molecule has 176 valence electrons. The van der Waals surface area contributed by atoms with Crippen molar-refractivity contribution in [2.24, 2.45) is 4.99 Å². The highest BCUT2D eigenvalue weighted by molar-refractivity contribution is 8.16. The van der Waals surface area contributed by atoms with E-state index in [1.54, 1.807) is 20.1 Å². The molecule has 2 aliphatic heterocycles. The lowest BCUT2D eigenvalue weighted by atomic mass is 9.91. The summed E-state index contributed by atoms with van der Waals surface area (Å²) in [6.45, 7) is 5.90. The molecule has 0 radical (unpaired) electrons. The topological polar surface area (TPSA) is 80.2 Å². The number of amides is 1. The summed E-state index contributed by atoms with van der Waals surface area (Å²) >= 11 is 1.45. The van der Waals surface area contributed by atoms with Crippen molar-refractivity contribution in [2.75, 3.05) is 19.0 Å². The van der Waals surface area contributed by atoms with Gasteiger partial charge in [0.1, 0.15) is 5.75 Å². The molecule has 0 saturated carbocycles. The van der Waals surface area contributed by atoms with Crippen LogP contribution >= 0.6 is 11.8 Å². The summed E-state index contributed by atoms with van der Waals surface area (Å²) in [5.74, 6) is 0.0974. The number of nitrogens with zero attached hydrogens (tertiary/aromatic N) is 2. The number of carbonyl (C=O) groups excluding carboxylic acids is 2. The van der Waals surface area contributed by atoms with Gasteiger partial charge in [0.2, 0.25) is 5.91 Å². The molecule has 0 fully saturated rings. The minimum Gasteiger partial charge on any atom is -0.497 e.